The standard InChI is InChI=1S/C8H7ClF2N2O2/c1-4-7(13(14)15)2-5(8(10)11)6(3-9)12-4/h2,8H,3H2,1H3. The van der Waals surface area contributed by atoms with Crippen LogP contribution in [-0.4, -0.2) is 9.91 Å². The molecule has 0 bridgehead atoms. The maximum atomic E-state index is 12.5. The van der Waals surface area contributed by atoms with E-state index in [4.69, 9.17) is 11.6 Å². The summed E-state index contributed by atoms with van der Waals surface area (Å²) in [7, 11) is 0. The van der Waals surface area contributed by atoms with E-state index in [0.717, 1.165) is 6.07 Å². The van der Waals surface area contributed by atoms with Crippen molar-refractivity contribution in [1.82, 2.24) is 4.98 Å². The Labute approximate surface area is 89.0 Å². The number of hydrogen-bond donors (Lipinski definition) is 0. The molecule has 0 N–H and O–H groups in total. The van der Waals surface area contributed by atoms with Crippen LogP contribution in [0.2, 0.25) is 0 Å². The Morgan fingerprint density at radius 1 is 1.67 bits per heavy atom. The van der Waals surface area contributed by atoms with Crippen LogP contribution in [0.1, 0.15) is 23.4 Å². The first-order valence-corrected chi connectivity index (χ1v) is 4.49. The van der Waals surface area contributed by atoms with E-state index in [9.17, 15) is 18.9 Å². The Bertz CT molecular complexity index is 398. The van der Waals surface area contributed by atoms with Gasteiger partial charge >= 0.3 is 0 Å². The van der Waals surface area contributed by atoms with Crippen LogP contribution in [0.4, 0.5) is 14.5 Å². The van der Waals surface area contributed by atoms with Gasteiger partial charge in [-0.2, -0.15) is 0 Å². The molecular weight excluding hydrogens is 230 g/mol. The third-order valence-electron chi connectivity index (χ3n) is 1.86. The van der Waals surface area contributed by atoms with Crippen molar-refractivity contribution < 1.29 is 13.7 Å². The molecule has 1 aromatic heterocycles. The van der Waals surface area contributed by atoms with Gasteiger partial charge in [0.05, 0.1) is 16.5 Å². The van der Waals surface area contributed by atoms with Crippen molar-refractivity contribution in [3.8, 4) is 0 Å². The number of aromatic nitrogens is 1. The molecule has 82 valence electrons. The Balaban J connectivity index is 3.37. The largest absolute Gasteiger partial charge is 0.290 e. The molecule has 1 heterocycles. The molecule has 0 atom stereocenters. The van der Waals surface area contributed by atoms with E-state index in [-0.39, 0.29) is 17.3 Å². The smallest absolute Gasteiger partial charge is 0.258 e. The molecule has 0 fully saturated rings. The van der Waals surface area contributed by atoms with Gasteiger partial charge in [-0.05, 0) is 6.92 Å². The second kappa shape index (κ2) is 4.48. The number of aryl methyl sites for hydroxylation is 1. The Morgan fingerprint density at radius 2 is 2.27 bits per heavy atom. The van der Waals surface area contributed by atoms with Gasteiger partial charge in [-0.15, -0.1) is 11.6 Å². The molecule has 0 aromatic carbocycles. The quantitative estimate of drug-likeness (QED) is 0.461. The molecule has 4 nitrogen and oxygen atoms in total. The van der Waals surface area contributed by atoms with Gasteiger partial charge in [-0.25, -0.2) is 13.8 Å². The molecule has 0 aliphatic heterocycles. The van der Waals surface area contributed by atoms with Crippen LogP contribution in [0.5, 0.6) is 0 Å². The minimum Gasteiger partial charge on any atom is -0.258 e. The van der Waals surface area contributed by atoms with Gasteiger partial charge in [0.25, 0.3) is 12.1 Å². The predicted octanol–water partition coefficient (Wildman–Crippen LogP) is 2.97. The first kappa shape index (κ1) is 11.8. The lowest BCUT2D eigenvalue weighted by molar-refractivity contribution is -0.385. The molecule has 1 rings (SSSR count). The van der Waals surface area contributed by atoms with Crippen LogP contribution < -0.4 is 0 Å². The molecule has 0 spiro atoms. The highest BCUT2D eigenvalue weighted by molar-refractivity contribution is 6.17. The first-order chi connectivity index (χ1) is 6.97. The molecule has 0 aliphatic carbocycles. The van der Waals surface area contributed by atoms with E-state index >= 15 is 0 Å². The van der Waals surface area contributed by atoms with Crippen molar-refractivity contribution in [2.75, 3.05) is 0 Å². The first-order valence-electron chi connectivity index (χ1n) is 3.96. The second-order valence-corrected chi connectivity index (χ2v) is 3.09. The van der Waals surface area contributed by atoms with Gasteiger partial charge in [0.1, 0.15) is 5.69 Å². The molecule has 0 radical (unpaired) electrons. The summed E-state index contributed by atoms with van der Waals surface area (Å²) in [4.78, 5) is 13.4. The lowest BCUT2D eigenvalue weighted by atomic mass is 10.1. The highest BCUT2D eigenvalue weighted by atomic mass is 35.5. The zero-order chi connectivity index (χ0) is 11.6. The Hall–Kier alpha value is -1.30. The van der Waals surface area contributed by atoms with Gasteiger partial charge in [0, 0.05) is 11.6 Å². The van der Waals surface area contributed by atoms with Gasteiger partial charge < -0.3 is 0 Å². The SMILES string of the molecule is Cc1nc(CCl)c(C(F)F)cc1[N+](=O)[O-]. The summed E-state index contributed by atoms with van der Waals surface area (Å²) < 4.78 is 24.9. The van der Waals surface area contributed by atoms with E-state index < -0.39 is 22.6 Å². The van der Waals surface area contributed by atoms with Crippen molar-refractivity contribution in [2.45, 2.75) is 19.2 Å². The number of hydrogen-bond acceptors (Lipinski definition) is 3. The Morgan fingerprint density at radius 3 is 2.67 bits per heavy atom. The van der Waals surface area contributed by atoms with Crippen molar-refractivity contribution in [3.05, 3.63) is 33.1 Å². The van der Waals surface area contributed by atoms with E-state index in [1.165, 1.54) is 6.92 Å². The average Bonchev–Trinajstić information content (AvgIpc) is 2.16. The maximum Gasteiger partial charge on any atom is 0.290 e. The van der Waals surface area contributed by atoms with Crippen molar-refractivity contribution >= 4 is 17.3 Å². The molecule has 0 saturated heterocycles. The van der Waals surface area contributed by atoms with Crippen LogP contribution in [0.25, 0.3) is 0 Å². The summed E-state index contributed by atoms with van der Waals surface area (Å²) in [5.74, 6) is -0.196. The number of rotatable bonds is 3. The molecule has 15 heavy (non-hydrogen) atoms. The molecule has 0 unspecified atom stereocenters. The molecular formula is C8H7ClF2N2O2. The van der Waals surface area contributed by atoms with Crippen molar-refractivity contribution in [3.63, 3.8) is 0 Å². The summed E-state index contributed by atoms with van der Waals surface area (Å²) in [6, 6.07) is 0.824. The lowest BCUT2D eigenvalue weighted by Gasteiger charge is -2.06. The normalized spacial score (nSPS) is 10.7. The van der Waals surface area contributed by atoms with Crippen LogP contribution in [0.3, 0.4) is 0 Å². The summed E-state index contributed by atoms with van der Waals surface area (Å²) in [5, 5.41) is 10.5. The van der Waals surface area contributed by atoms with Crippen LogP contribution in [0.15, 0.2) is 6.07 Å². The maximum absolute atomic E-state index is 12.5. The van der Waals surface area contributed by atoms with E-state index in [1.54, 1.807) is 0 Å². The highest BCUT2D eigenvalue weighted by Crippen LogP contribution is 2.28. The molecule has 7 heteroatoms. The third-order valence-corrected chi connectivity index (χ3v) is 2.11. The Kier molecular flexibility index (Phi) is 3.52. The zero-order valence-electron chi connectivity index (χ0n) is 7.71. The summed E-state index contributed by atoms with van der Waals surface area (Å²) in [6.45, 7) is 1.38. The zero-order valence-corrected chi connectivity index (χ0v) is 8.46. The number of nitrogens with zero attached hydrogens (tertiary/aromatic N) is 2. The second-order valence-electron chi connectivity index (χ2n) is 2.82. The summed E-state index contributed by atoms with van der Waals surface area (Å²) in [5.41, 5.74) is -0.837. The number of halogens is 3. The fraction of sp³-hybridized carbons (Fsp3) is 0.375. The number of pyridine rings is 1. The molecule has 1 aromatic rings. The van der Waals surface area contributed by atoms with Gasteiger partial charge in [0.2, 0.25) is 0 Å². The van der Waals surface area contributed by atoms with Crippen molar-refractivity contribution in [2.24, 2.45) is 0 Å². The average molecular weight is 237 g/mol. The highest BCUT2D eigenvalue weighted by Gasteiger charge is 2.21. The minimum absolute atomic E-state index is 0.0187. The topological polar surface area (TPSA) is 56.0 Å². The fourth-order valence-corrected chi connectivity index (χ4v) is 1.35. The molecule has 0 saturated carbocycles. The van der Waals surface area contributed by atoms with Gasteiger partial charge in [-0.1, -0.05) is 0 Å². The van der Waals surface area contributed by atoms with E-state index in [1.807, 2.05) is 0 Å². The van der Waals surface area contributed by atoms with E-state index in [2.05, 4.69) is 4.98 Å². The molecule has 0 aliphatic rings. The van der Waals surface area contributed by atoms with Gasteiger partial charge in [0.15, 0.2) is 0 Å². The van der Waals surface area contributed by atoms with Crippen molar-refractivity contribution in [1.29, 1.82) is 0 Å². The molecule has 0 amide bonds. The summed E-state index contributed by atoms with van der Waals surface area (Å²) >= 11 is 5.41. The van der Waals surface area contributed by atoms with Crippen LogP contribution in [-0.2, 0) is 5.88 Å². The van der Waals surface area contributed by atoms with Crippen LogP contribution >= 0.6 is 11.6 Å². The summed E-state index contributed by atoms with van der Waals surface area (Å²) in [6.07, 6.45) is -2.81. The number of nitro groups is 1. The monoisotopic (exact) mass is 236 g/mol. The fourth-order valence-electron chi connectivity index (χ4n) is 1.14. The van der Waals surface area contributed by atoms with Crippen LogP contribution in [0, 0.1) is 17.0 Å². The lowest BCUT2D eigenvalue weighted by Crippen LogP contribution is -2.02. The number of alkyl halides is 3. The van der Waals surface area contributed by atoms with Gasteiger partial charge in [-0.3, -0.25) is 10.1 Å². The third kappa shape index (κ3) is 2.38. The predicted molar refractivity (Wildman–Crippen MR) is 50.1 cm³/mol. The van der Waals surface area contributed by atoms with E-state index in [0.29, 0.717) is 0 Å². The minimum atomic E-state index is -2.81.